The Hall–Kier alpha value is -4.73. The molecule has 0 atom stereocenters. The number of methoxy groups -OCH3 is 2. The lowest BCUT2D eigenvalue weighted by Gasteiger charge is -2.13. The number of benzene rings is 4. The molecule has 0 aliphatic rings. The lowest BCUT2D eigenvalue weighted by atomic mass is 10.1. The fourth-order valence-corrected chi connectivity index (χ4v) is 4.84. The highest BCUT2D eigenvalue weighted by Crippen LogP contribution is 2.31. The first kappa shape index (κ1) is 31.2. The van der Waals surface area contributed by atoms with Gasteiger partial charge in [0.1, 0.15) is 17.2 Å². The van der Waals surface area contributed by atoms with E-state index < -0.39 is 11.8 Å². The molecule has 4 aromatic carbocycles. The molecular weight excluding hydrogens is 586 g/mol. The maximum Gasteiger partial charge on any atom is 0.272 e. The van der Waals surface area contributed by atoms with Gasteiger partial charge in [-0.25, -0.2) is 0 Å². The zero-order valence-electron chi connectivity index (χ0n) is 23.8. The molecule has 0 unspecified atom stereocenters. The SMILES string of the molecule is COc1ccc(/C=C(/NC(=O)c2ccccc2)C(=O)Nc2cccc(SCC(=O)Nc3cc(C)c(Cl)cc3OC)c2)cc1. The normalized spacial score (nSPS) is 10.9. The second-order valence-corrected chi connectivity index (χ2v) is 10.7. The number of ether oxygens (including phenoxy) is 2. The smallest absolute Gasteiger partial charge is 0.272 e. The predicted molar refractivity (Wildman–Crippen MR) is 172 cm³/mol. The van der Waals surface area contributed by atoms with Crippen LogP contribution in [-0.2, 0) is 9.59 Å². The van der Waals surface area contributed by atoms with Crippen molar-refractivity contribution < 1.29 is 23.9 Å². The Balaban J connectivity index is 1.45. The molecule has 3 amide bonds. The van der Waals surface area contributed by atoms with Crippen LogP contribution in [0.25, 0.3) is 6.08 Å². The number of carbonyl (C=O) groups is 3. The average molecular weight is 616 g/mol. The molecular formula is C33H30ClN3O5S. The van der Waals surface area contributed by atoms with E-state index >= 15 is 0 Å². The van der Waals surface area contributed by atoms with Crippen molar-refractivity contribution in [3.05, 3.63) is 118 Å². The second kappa shape index (κ2) is 14.9. The van der Waals surface area contributed by atoms with Crippen molar-refractivity contribution in [1.29, 1.82) is 0 Å². The Morgan fingerprint density at radius 3 is 2.30 bits per heavy atom. The molecule has 0 bridgehead atoms. The van der Waals surface area contributed by atoms with E-state index in [0.717, 1.165) is 10.5 Å². The van der Waals surface area contributed by atoms with Crippen molar-refractivity contribution in [3.8, 4) is 11.5 Å². The van der Waals surface area contributed by atoms with E-state index in [-0.39, 0.29) is 17.4 Å². The third kappa shape index (κ3) is 8.88. The van der Waals surface area contributed by atoms with Crippen molar-refractivity contribution in [1.82, 2.24) is 5.32 Å². The molecule has 3 N–H and O–H groups in total. The number of halogens is 1. The molecule has 0 aliphatic carbocycles. The van der Waals surface area contributed by atoms with Gasteiger partial charge in [0, 0.05) is 27.2 Å². The van der Waals surface area contributed by atoms with Crippen LogP contribution in [-0.4, -0.2) is 37.7 Å². The van der Waals surface area contributed by atoms with Gasteiger partial charge in [-0.05, 0) is 72.7 Å². The average Bonchev–Trinajstić information content (AvgIpc) is 3.02. The van der Waals surface area contributed by atoms with Gasteiger partial charge in [0.15, 0.2) is 0 Å². The summed E-state index contributed by atoms with van der Waals surface area (Å²) in [6.07, 6.45) is 1.59. The zero-order valence-corrected chi connectivity index (χ0v) is 25.3. The van der Waals surface area contributed by atoms with Crippen LogP contribution in [0.15, 0.2) is 102 Å². The number of nitrogens with one attached hydrogen (secondary N) is 3. The third-order valence-corrected chi connectivity index (χ3v) is 7.57. The number of hydrogen-bond donors (Lipinski definition) is 3. The summed E-state index contributed by atoms with van der Waals surface area (Å²) in [5.74, 6) is 0.104. The Bertz CT molecular complexity index is 1640. The first-order valence-electron chi connectivity index (χ1n) is 13.2. The quantitative estimate of drug-likeness (QED) is 0.126. The van der Waals surface area contributed by atoms with Crippen molar-refractivity contribution in [3.63, 3.8) is 0 Å². The molecule has 0 aliphatic heterocycles. The van der Waals surface area contributed by atoms with Crippen LogP contribution in [0.2, 0.25) is 5.02 Å². The summed E-state index contributed by atoms with van der Waals surface area (Å²) in [7, 11) is 3.08. The van der Waals surface area contributed by atoms with Crippen LogP contribution in [0.5, 0.6) is 11.5 Å². The molecule has 4 aromatic rings. The van der Waals surface area contributed by atoms with Crippen molar-refractivity contribution >= 4 is 58.5 Å². The summed E-state index contributed by atoms with van der Waals surface area (Å²) in [4.78, 5) is 39.7. The highest BCUT2D eigenvalue weighted by atomic mass is 35.5. The lowest BCUT2D eigenvalue weighted by molar-refractivity contribution is -0.114. The molecule has 0 radical (unpaired) electrons. The molecule has 4 rings (SSSR count). The van der Waals surface area contributed by atoms with Gasteiger partial charge < -0.3 is 25.4 Å². The maximum atomic E-state index is 13.4. The Kier molecular flexibility index (Phi) is 10.9. The highest BCUT2D eigenvalue weighted by molar-refractivity contribution is 8.00. The Labute approximate surface area is 259 Å². The second-order valence-electron chi connectivity index (χ2n) is 9.27. The van der Waals surface area contributed by atoms with Gasteiger partial charge in [0.2, 0.25) is 5.91 Å². The van der Waals surface area contributed by atoms with Gasteiger partial charge in [-0.1, -0.05) is 48.0 Å². The third-order valence-electron chi connectivity index (χ3n) is 6.17. The molecule has 220 valence electrons. The van der Waals surface area contributed by atoms with E-state index in [2.05, 4.69) is 16.0 Å². The largest absolute Gasteiger partial charge is 0.497 e. The molecule has 0 spiro atoms. The minimum absolute atomic E-state index is 0.0589. The minimum atomic E-state index is -0.509. The van der Waals surface area contributed by atoms with Gasteiger partial charge in [0.25, 0.3) is 11.8 Å². The van der Waals surface area contributed by atoms with Crippen LogP contribution < -0.4 is 25.4 Å². The Morgan fingerprint density at radius 2 is 1.60 bits per heavy atom. The minimum Gasteiger partial charge on any atom is -0.497 e. The van der Waals surface area contributed by atoms with Gasteiger partial charge in [-0.15, -0.1) is 11.8 Å². The van der Waals surface area contributed by atoms with E-state index in [1.165, 1.54) is 18.9 Å². The highest BCUT2D eigenvalue weighted by Gasteiger charge is 2.16. The number of thioether (sulfide) groups is 1. The molecule has 0 heterocycles. The van der Waals surface area contributed by atoms with E-state index in [0.29, 0.717) is 39.0 Å². The Morgan fingerprint density at radius 1 is 0.860 bits per heavy atom. The summed E-state index contributed by atoms with van der Waals surface area (Å²) >= 11 is 7.47. The van der Waals surface area contributed by atoms with Gasteiger partial charge in [-0.3, -0.25) is 14.4 Å². The number of anilines is 2. The summed E-state index contributed by atoms with van der Waals surface area (Å²) in [6.45, 7) is 1.84. The van der Waals surface area contributed by atoms with Gasteiger partial charge >= 0.3 is 0 Å². The standard InChI is InChI=1S/C33H30ClN3O5S/c1-21-16-28(30(42-3)19-27(21)34)36-31(38)20-43-26-11-7-10-24(18-26)35-33(40)29(17-22-12-14-25(41-2)15-13-22)37-32(39)23-8-5-4-6-9-23/h4-19H,20H2,1-3H3,(H,35,40)(H,36,38)(H,37,39)/b29-17+. The number of rotatable bonds is 11. The maximum absolute atomic E-state index is 13.4. The molecule has 43 heavy (non-hydrogen) atoms. The van der Waals surface area contributed by atoms with E-state index in [4.69, 9.17) is 21.1 Å². The molecule has 0 saturated carbocycles. The van der Waals surface area contributed by atoms with Gasteiger partial charge in [-0.2, -0.15) is 0 Å². The number of hydrogen-bond acceptors (Lipinski definition) is 6. The van der Waals surface area contributed by atoms with Crippen molar-refractivity contribution in [2.24, 2.45) is 0 Å². The monoisotopic (exact) mass is 615 g/mol. The summed E-state index contributed by atoms with van der Waals surface area (Å²) in [5, 5.41) is 8.97. The molecule has 8 nitrogen and oxygen atoms in total. The predicted octanol–water partition coefficient (Wildman–Crippen LogP) is 6.81. The zero-order chi connectivity index (χ0) is 30.8. The van der Waals surface area contributed by atoms with E-state index in [1.807, 2.05) is 19.1 Å². The summed E-state index contributed by atoms with van der Waals surface area (Å²) < 4.78 is 10.5. The van der Waals surface area contributed by atoms with Crippen molar-refractivity contribution in [2.75, 3.05) is 30.6 Å². The first-order chi connectivity index (χ1) is 20.7. The number of amides is 3. The van der Waals surface area contributed by atoms with Gasteiger partial charge in [0.05, 0.1) is 25.7 Å². The van der Waals surface area contributed by atoms with Crippen LogP contribution >= 0.6 is 23.4 Å². The fraction of sp³-hybridized carbons (Fsp3) is 0.121. The van der Waals surface area contributed by atoms with Crippen LogP contribution in [0.1, 0.15) is 21.5 Å². The fourth-order valence-electron chi connectivity index (χ4n) is 3.94. The first-order valence-corrected chi connectivity index (χ1v) is 14.5. The van der Waals surface area contributed by atoms with Crippen LogP contribution in [0.3, 0.4) is 0 Å². The summed E-state index contributed by atoms with van der Waals surface area (Å²) in [6, 6.07) is 26.2. The van der Waals surface area contributed by atoms with Crippen molar-refractivity contribution in [2.45, 2.75) is 11.8 Å². The lowest BCUT2D eigenvalue weighted by Crippen LogP contribution is -2.30. The van der Waals surface area contributed by atoms with E-state index in [1.54, 1.807) is 92.0 Å². The van der Waals surface area contributed by atoms with E-state index in [9.17, 15) is 14.4 Å². The number of aryl methyl sites for hydroxylation is 1. The number of carbonyl (C=O) groups excluding carboxylic acids is 3. The summed E-state index contributed by atoms with van der Waals surface area (Å²) in [5.41, 5.74) is 3.02. The van der Waals surface area contributed by atoms with Crippen LogP contribution in [0.4, 0.5) is 11.4 Å². The topological polar surface area (TPSA) is 106 Å². The molecule has 10 heteroatoms. The molecule has 0 aromatic heterocycles. The molecule has 0 saturated heterocycles. The van der Waals surface area contributed by atoms with Crippen LogP contribution in [0, 0.1) is 6.92 Å². The molecule has 0 fully saturated rings.